The Hall–Kier alpha value is -3.29. The molecule has 2 aromatic heterocycles. The summed E-state index contributed by atoms with van der Waals surface area (Å²) in [5.74, 6) is 0.0930. The van der Waals surface area contributed by atoms with Crippen molar-refractivity contribution < 1.29 is 4.79 Å². The van der Waals surface area contributed by atoms with Gasteiger partial charge in [-0.1, -0.05) is 60.2 Å². The van der Waals surface area contributed by atoms with Gasteiger partial charge in [-0.15, -0.1) is 11.3 Å². The highest BCUT2D eigenvalue weighted by Gasteiger charge is 2.21. The number of hydrogen-bond donors (Lipinski definition) is 0. The first-order chi connectivity index (χ1) is 16.6. The molecule has 1 amide bonds. The fourth-order valence-electron chi connectivity index (χ4n) is 4.44. The minimum Gasteiger partial charge on any atom is -0.340 e. The number of rotatable bonds is 6. The molecule has 1 aliphatic heterocycles. The number of benzene rings is 2. The van der Waals surface area contributed by atoms with Crippen LogP contribution in [0.1, 0.15) is 17.5 Å². The molecule has 7 heteroatoms. The number of carbonyl (C=O) groups is 1. The Balaban J connectivity index is 1.22. The molecule has 0 bridgehead atoms. The van der Waals surface area contributed by atoms with Crippen molar-refractivity contribution in [2.24, 2.45) is 0 Å². The Morgan fingerprint density at radius 1 is 1.00 bits per heavy atom. The molecule has 174 valence electrons. The summed E-state index contributed by atoms with van der Waals surface area (Å²) >= 11 is 1.48. The van der Waals surface area contributed by atoms with E-state index in [1.165, 1.54) is 22.5 Å². The van der Waals surface area contributed by atoms with Crippen LogP contribution in [0.2, 0.25) is 0 Å². The zero-order chi connectivity index (χ0) is 23.5. The molecule has 6 nitrogen and oxygen atoms in total. The molecule has 2 aromatic carbocycles. The Labute approximate surface area is 203 Å². The largest absolute Gasteiger partial charge is 0.340 e. The third kappa shape index (κ3) is 4.81. The minimum absolute atomic E-state index is 0.0812. The predicted octanol–water partition coefficient (Wildman–Crippen LogP) is 4.17. The highest BCUT2D eigenvalue weighted by Crippen LogP contribution is 2.30. The third-order valence-corrected chi connectivity index (χ3v) is 7.35. The lowest BCUT2D eigenvalue weighted by molar-refractivity contribution is -0.133. The van der Waals surface area contributed by atoms with Crippen LogP contribution in [0.3, 0.4) is 0 Å². The molecular weight excluding hydrogens is 444 g/mol. The number of amides is 1. The monoisotopic (exact) mass is 472 g/mol. The Morgan fingerprint density at radius 2 is 1.74 bits per heavy atom. The first-order valence-corrected chi connectivity index (χ1v) is 12.5. The zero-order valence-corrected chi connectivity index (χ0v) is 20.1. The number of thiophene rings is 1. The molecule has 1 aliphatic rings. The Bertz CT molecular complexity index is 1340. The van der Waals surface area contributed by atoms with E-state index in [4.69, 9.17) is 0 Å². The maximum absolute atomic E-state index is 13.3. The highest BCUT2D eigenvalue weighted by molar-refractivity contribution is 7.17. The van der Waals surface area contributed by atoms with E-state index in [1.54, 1.807) is 10.9 Å². The average molecular weight is 473 g/mol. The van der Waals surface area contributed by atoms with Crippen molar-refractivity contribution in [2.75, 3.05) is 26.2 Å². The summed E-state index contributed by atoms with van der Waals surface area (Å²) in [4.78, 5) is 35.6. The first kappa shape index (κ1) is 22.5. The van der Waals surface area contributed by atoms with Gasteiger partial charge >= 0.3 is 0 Å². The number of aryl methyl sites for hydroxylation is 2. The van der Waals surface area contributed by atoms with Crippen LogP contribution < -0.4 is 5.56 Å². The van der Waals surface area contributed by atoms with Crippen LogP contribution >= 0.6 is 11.3 Å². The van der Waals surface area contributed by atoms with E-state index in [-0.39, 0.29) is 11.5 Å². The van der Waals surface area contributed by atoms with E-state index < -0.39 is 0 Å². The van der Waals surface area contributed by atoms with Gasteiger partial charge in [0.1, 0.15) is 4.83 Å². The second kappa shape index (κ2) is 9.91. The predicted molar refractivity (Wildman–Crippen MR) is 137 cm³/mol. The second-order valence-electron chi connectivity index (χ2n) is 8.83. The van der Waals surface area contributed by atoms with Crippen molar-refractivity contribution >= 4 is 27.5 Å². The van der Waals surface area contributed by atoms with Crippen molar-refractivity contribution in [3.8, 4) is 11.1 Å². The number of aromatic nitrogens is 2. The number of piperazine rings is 1. The summed E-state index contributed by atoms with van der Waals surface area (Å²) in [5, 5.41) is 2.63. The van der Waals surface area contributed by atoms with E-state index in [1.807, 2.05) is 47.5 Å². The topological polar surface area (TPSA) is 58.4 Å². The Kier molecular flexibility index (Phi) is 6.56. The average Bonchev–Trinajstić information content (AvgIpc) is 3.30. The van der Waals surface area contributed by atoms with Gasteiger partial charge in [-0.25, -0.2) is 4.98 Å². The van der Waals surface area contributed by atoms with Crippen LogP contribution in [-0.4, -0.2) is 51.4 Å². The van der Waals surface area contributed by atoms with E-state index >= 15 is 0 Å². The highest BCUT2D eigenvalue weighted by atomic mass is 32.1. The van der Waals surface area contributed by atoms with Gasteiger partial charge in [0.25, 0.3) is 5.56 Å². The molecule has 3 heterocycles. The van der Waals surface area contributed by atoms with E-state index in [9.17, 15) is 9.59 Å². The Morgan fingerprint density at radius 3 is 2.47 bits per heavy atom. The maximum atomic E-state index is 13.3. The lowest BCUT2D eigenvalue weighted by Crippen LogP contribution is -2.48. The summed E-state index contributed by atoms with van der Waals surface area (Å²) in [6, 6.07) is 18.6. The van der Waals surface area contributed by atoms with Gasteiger partial charge in [0.15, 0.2) is 0 Å². The minimum atomic E-state index is -0.0812. The molecule has 34 heavy (non-hydrogen) atoms. The molecule has 4 aromatic rings. The van der Waals surface area contributed by atoms with Gasteiger partial charge in [-0.3, -0.25) is 19.1 Å². The number of nitrogens with zero attached hydrogens (tertiary/aromatic N) is 4. The normalized spacial score (nSPS) is 14.6. The maximum Gasteiger partial charge on any atom is 0.262 e. The molecule has 1 saturated heterocycles. The van der Waals surface area contributed by atoms with Crippen LogP contribution in [0.15, 0.2) is 71.1 Å². The first-order valence-electron chi connectivity index (χ1n) is 11.7. The fourth-order valence-corrected chi connectivity index (χ4v) is 5.35. The van der Waals surface area contributed by atoms with Crippen molar-refractivity contribution in [1.82, 2.24) is 19.4 Å². The van der Waals surface area contributed by atoms with E-state index in [2.05, 4.69) is 34.1 Å². The molecule has 0 spiro atoms. The van der Waals surface area contributed by atoms with E-state index in [0.717, 1.165) is 48.7 Å². The summed E-state index contributed by atoms with van der Waals surface area (Å²) in [7, 11) is 0. The molecule has 0 N–H and O–H groups in total. The van der Waals surface area contributed by atoms with Crippen molar-refractivity contribution in [3.05, 3.63) is 87.8 Å². The molecule has 0 atom stereocenters. The summed E-state index contributed by atoms with van der Waals surface area (Å²) in [5.41, 5.74) is 4.31. The van der Waals surface area contributed by atoms with Crippen LogP contribution in [0.25, 0.3) is 21.3 Å². The SMILES string of the molecule is Cc1ccc(-c2csc3ncn(CCC(=O)N4CCN(Cc5ccccc5)CC4)c(=O)c23)cc1. The summed E-state index contributed by atoms with van der Waals surface area (Å²) in [6.45, 7) is 6.47. The summed E-state index contributed by atoms with van der Waals surface area (Å²) in [6.07, 6.45) is 1.88. The molecule has 0 unspecified atom stereocenters. The lowest BCUT2D eigenvalue weighted by Gasteiger charge is -2.34. The van der Waals surface area contributed by atoms with Gasteiger partial charge in [-0.2, -0.15) is 0 Å². The van der Waals surface area contributed by atoms with Crippen LogP contribution in [0.4, 0.5) is 0 Å². The van der Waals surface area contributed by atoms with Gasteiger partial charge in [0, 0.05) is 56.6 Å². The molecular formula is C27H28N4O2S. The molecule has 0 saturated carbocycles. The quantitative estimate of drug-likeness (QED) is 0.423. The lowest BCUT2D eigenvalue weighted by atomic mass is 10.1. The number of fused-ring (bicyclic) bond motifs is 1. The van der Waals surface area contributed by atoms with Gasteiger partial charge < -0.3 is 4.90 Å². The number of hydrogen-bond acceptors (Lipinski definition) is 5. The van der Waals surface area contributed by atoms with Crippen molar-refractivity contribution in [3.63, 3.8) is 0 Å². The fraction of sp³-hybridized carbons (Fsp3) is 0.296. The standard InChI is InChI=1S/C27H28N4O2S/c1-20-7-9-22(10-8-20)23-18-34-26-25(23)27(33)31(19-28-26)12-11-24(32)30-15-13-29(14-16-30)17-21-5-3-2-4-6-21/h2-10,18-19H,11-17H2,1H3. The molecule has 0 radical (unpaired) electrons. The van der Waals surface area contributed by atoms with Gasteiger partial charge in [-0.05, 0) is 18.1 Å². The van der Waals surface area contributed by atoms with Crippen LogP contribution in [0.5, 0.6) is 0 Å². The number of carbonyl (C=O) groups excluding carboxylic acids is 1. The van der Waals surface area contributed by atoms with Crippen LogP contribution in [-0.2, 0) is 17.9 Å². The summed E-state index contributed by atoms with van der Waals surface area (Å²) < 4.78 is 1.58. The molecule has 0 aliphatic carbocycles. The molecule has 1 fully saturated rings. The van der Waals surface area contributed by atoms with E-state index in [0.29, 0.717) is 18.4 Å². The molecule has 5 rings (SSSR count). The smallest absolute Gasteiger partial charge is 0.262 e. The van der Waals surface area contributed by atoms with Gasteiger partial charge in [0.2, 0.25) is 5.91 Å². The zero-order valence-electron chi connectivity index (χ0n) is 19.3. The van der Waals surface area contributed by atoms with Gasteiger partial charge in [0.05, 0.1) is 11.7 Å². The van der Waals surface area contributed by atoms with Crippen molar-refractivity contribution in [2.45, 2.75) is 26.4 Å². The van der Waals surface area contributed by atoms with Crippen LogP contribution in [0, 0.1) is 6.92 Å². The second-order valence-corrected chi connectivity index (χ2v) is 9.69. The third-order valence-electron chi connectivity index (χ3n) is 6.46. The van der Waals surface area contributed by atoms with Crippen molar-refractivity contribution in [1.29, 1.82) is 0 Å².